The number of benzene rings is 1. The minimum Gasteiger partial charge on any atom is -0.480 e. The molecule has 0 radical (unpaired) electrons. The molecular weight excluding hydrogens is 360 g/mol. The highest BCUT2D eigenvalue weighted by Gasteiger charge is 2.42. The summed E-state index contributed by atoms with van der Waals surface area (Å²) in [6.45, 7) is 6.62. The Bertz CT molecular complexity index is 782. The van der Waals surface area contributed by atoms with Crippen molar-refractivity contribution in [1.82, 2.24) is 9.21 Å². The van der Waals surface area contributed by atoms with Crippen molar-refractivity contribution in [3.05, 3.63) is 29.8 Å². The van der Waals surface area contributed by atoms with E-state index in [9.17, 15) is 23.1 Å². The molecule has 0 saturated carbocycles. The van der Waals surface area contributed by atoms with E-state index in [1.165, 1.54) is 17.0 Å². The van der Waals surface area contributed by atoms with E-state index in [1.807, 2.05) is 6.92 Å². The number of carbonyl (C=O) groups excluding carboxylic acids is 1. The smallest absolute Gasteiger partial charge is 0.410 e. The van der Waals surface area contributed by atoms with Crippen LogP contribution in [0.3, 0.4) is 0 Å². The van der Waals surface area contributed by atoms with Crippen LogP contribution in [0.5, 0.6) is 0 Å². The van der Waals surface area contributed by atoms with E-state index in [4.69, 9.17) is 4.74 Å². The van der Waals surface area contributed by atoms with E-state index in [0.717, 1.165) is 9.87 Å². The van der Waals surface area contributed by atoms with Crippen LogP contribution in [0.2, 0.25) is 0 Å². The molecule has 1 unspecified atom stereocenters. The first-order chi connectivity index (χ1) is 11.9. The molecule has 1 aromatic carbocycles. The van der Waals surface area contributed by atoms with Gasteiger partial charge in [-0.2, -0.15) is 4.31 Å². The number of sulfonamides is 1. The second-order valence-corrected chi connectivity index (χ2v) is 9.10. The molecule has 1 aliphatic heterocycles. The zero-order valence-corrected chi connectivity index (χ0v) is 16.1. The van der Waals surface area contributed by atoms with Gasteiger partial charge in [0, 0.05) is 13.1 Å². The van der Waals surface area contributed by atoms with Crippen LogP contribution < -0.4 is 0 Å². The Morgan fingerprint density at radius 1 is 1.15 bits per heavy atom. The summed E-state index contributed by atoms with van der Waals surface area (Å²) >= 11 is 0. The summed E-state index contributed by atoms with van der Waals surface area (Å²) in [6, 6.07) is 4.83. The molecular formula is C17H24N2O6S. The highest BCUT2D eigenvalue weighted by Crippen LogP contribution is 2.23. The van der Waals surface area contributed by atoms with Gasteiger partial charge in [-0.1, -0.05) is 17.7 Å². The van der Waals surface area contributed by atoms with Crippen LogP contribution in [0.4, 0.5) is 4.79 Å². The van der Waals surface area contributed by atoms with E-state index < -0.39 is 33.7 Å². The number of nitrogens with zero attached hydrogens (tertiary/aromatic N) is 2. The van der Waals surface area contributed by atoms with E-state index in [1.54, 1.807) is 32.9 Å². The Labute approximate surface area is 153 Å². The molecule has 0 aliphatic carbocycles. The van der Waals surface area contributed by atoms with Gasteiger partial charge in [0.2, 0.25) is 10.0 Å². The predicted octanol–water partition coefficient (Wildman–Crippen LogP) is 1.69. The molecule has 0 aromatic heterocycles. The molecule has 1 N–H and O–H groups in total. The van der Waals surface area contributed by atoms with Crippen LogP contribution >= 0.6 is 0 Å². The quantitative estimate of drug-likeness (QED) is 0.850. The van der Waals surface area contributed by atoms with Gasteiger partial charge in [0.05, 0.1) is 11.4 Å². The third kappa shape index (κ3) is 4.53. The molecule has 1 amide bonds. The summed E-state index contributed by atoms with van der Waals surface area (Å²) in [4.78, 5) is 25.1. The van der Waals surface area contributed by atoms with E-state index in [-0.39, 0.29) is 24.5 Å². The van der Waals surface area contributed by atoms with Crippen LogP contribution in [-0.2, 0) is 19.6 Å². The van der Waals surface area contributed by atoms with Crippen molar-refractivity contribution in [2.75, 3.05) is 19.6 Å². The fourth-order valence-corrected chi connectivity index (χ4v) is 4.16. The largest absolute Gasteiger partial charge is 0.480 e. The van der Waals surface area contributed by atoms with E-state index >= 15 is 0 Å². The van der Waals surface area contributed by atoms with Crippen molar-refractivity contribution in [3.63, 3.8) is 0 Å². The molecule has 0 bridgehead atoms. The highest BCUT2D eigenvalue weighted by atomic mass is 32.2. The fraction of sp³-hybridized carbons (Fsp3) is 0.529. The Hall–Kier alpha value is -2.13. The van der Waals surface area contributed by atoms with Gasteiger partial charge in [0.15, 0.2) is 0 Å². The lowest BCUT2D eigenvalue weighted by Gasteiger charge is -2.38. The van der Waals surface area contributed by atoms with Gasteiger partial charge < -0.3 is 14.7 Å². The zero-order valence-electron chi connectivity index (χ0n) is 15.3. The summed E-state index contributed by atoms with van der Waals surface area (Å²) in [5.74, 6) is -1.31. The predicted molar refractivity (Wildman–Crippen MR) is 94.3 cm³/mol. The molecule has 1 atom stereocenters. The van der Waals surface area contributed by atoms with Crippen molar-refractivity contribution in [1.29, 1.82) is 0 Å². The van der Waals surface area contributed by atoms with Crippen LogP contribution in [-0.4, -0.2) is 66.1 Å². The minimum absolute atomic E-state index is 0.0278. The van der Waals surface area contributed by atoms with Gasteiger partial charge in [-0.05, 0) is 39.8 Å². The molecule has 2 rings (SSSR count). The molecule has 8 nitrogen and oxygen atoms in total. The lowest BCUT2D eigenvalue weighted by molar-refractivity contribution is -0.143. The van der Waals surface area contributed by atoms with Crippen molar-refractivity contribution in [3.8, 4) is 0 Å². The number of piperazine rings is 1. The topological polar surface area (TPSA) is 104 Å². The van der Waals surface area contributed by atoms with Gasteiger partial charge in [0.1, 0.15) is 11.6 Å². The Morgan fingerprint density at radius 3 is 2.23 bits per heavy atom. The molecule has 1 fully saturated rings. The fourth-order valence-electron chi connectivity index (χ4n) is 2.59. The number of aryl methyl sites for hydroxylation is 1. The molecule has 1 aromatic rings. The number of carboxylic acids is 1. The van der Waals surface area contributed by atoms with E-state index in [2.05, 4.69) is 0 Å². The monoisotopic (exact) mass is 384 g/mol. The van der Waals surface area contributed by atoms with Gasteiger partial charge in [-0.15, -0.1) is 0 Å². The number of carbonyl (C=O) groups is 2. The number of aliphatic carboxylic acids is 1. The van der Waals surface area contributed by atoms with Crippen molar-refractivity contribution >= 4 is 22.1 Å². The first-order valence-electron chi connectivity index (χ1n) is 8.21. The van der Waals surface area contributed by atoms with Gasteiger partial charge in [0.25, 0.3) is 0 Å². The van der Waals surface area contributed by atoms with Gasteiger partial charge >= 0.3 is 12.1 Å². The van der Waals surface area contributed by atoms with Crippen molar-refractivity contribution in [2.24, 2.45) is 0 Å². The second kappa shape index (κ2) is 7.24. The molecule has 1 heterocycles. The number of hydrogen-bond acceptors (Lipinski definition) is 5. The molecule has 0 spiro atoms. The SMILES string of the molecule is Cc1ccc(S(=O)(=O)N2CCN(C(=O)OC(C)(C)C)CC2C(=O)O)cc1. The van der Waals surface area contributed by atoms with Crippen molar-refractivity contribution < 1.29 is 27.9 Å². The Balaban J connectivity index is 2.25. The summed E-state index contributed by atoms with van der Waals surface area (Å²) in [6.07, 6.45) is -0.656. The van der Waals surface area contributed by atoms with Crippen LogP contribution in [0, 0.1) is 6.92 Å². The van der Waals surface area contributed by atoms with Crippen molar-refractivity contribution in [2.45, 2.75) is 44.2 Å². The maximum Gasteiger partial charge on any atom is 0.410 e. The summed E-state index contributed by atoms with van der Waals surface area (Å²) < 4.78 is 31.9. The minimum atomic E-state index is -3.98. The third-order valence-electron chi connectivity index (χ3n) is 3.90. The van der Waals surface area contributed by atoms with E-state index in [0.29, 0.717) is 0 Å². The highest BCUT2D eigenvalue weighted by molar-refractivity contribution is 7.89. The molecule has 1 saturated heterocycles. The molecule has 144 valence electrons. The molecule has 9 heteroatoms. The number of ether oxygens (including phenoxy) is 1. The van der Waals surface area contributed by atoms with Crippen LogP contribution in [0.15, 0.2) is 29.2 Å². The summed E-state index contributed by atoms with van der Waals surface area (Å²) in [5, 5.41) is 9.51. The first kappa shape index (κ1) is 20.2. The maximum absolute atomic E-state index is 12.8. The summed E-state index contributed by atoms with van der Waals surface area (Å²) in [7, 11) is -3.98. The average molecular weight is 384 g/mol. The van der Waals surface area contributed by atoms with Crippen LogP contribution in [0.25, 0.3) is 0 Å². The second-order valence-electron chi connectivity index (χ2n) is 7.21. The molecule has 26 heavy (non-hydrogen) atoms. The number of hydrogen-bond donors (Lipinski definition) is 1. The summed E-state index contributed by atoms with van der Waals surface area (Å²) in [5.41, 5.74) is 0.175. The number of carboxylic acid groups (broad SMARTS) is 1. The molecule has 1 aliphatic rings. The maximum atomic E-state index is 12.8. The average Bonchev–Trinajstić information content (AvgIpc) is 2.53. The number of amides is 1. The first-order valence-corrected chi connectivity index (χ1v) is 9.65. The third-order valence-corrected chi connectivity index (χ3v) is 5.82. The zero-order chi connectivity index (χ0) is 19.7. The Morgan fingerprint density at radius 2 is 1.73 bits per heavy atom. The lowest BCUT2D eigenvalue weighted by Crippen LogP contribution is -2.59. The Kier molecular flexibility index (Phi) is 5.62. The lowest BCUT2D eigenvalue weighted by atomic mass is 10.2. The number of rotatable bonds is 3. The van der Waals surface area contributed by atoms with Crippen LogP contribution in [0.1, 0.15) is 26.3 Å². The van der Waals surface area contributed by atoms with Gasteiger partial charge in [-0.25, -0.2) is 13.2 Å². The van der Waals surface area contributed by atoms with Gasteiger partial charge in [-0.3, -0.25) is 4.79 Å². The standard InChI is InChI=1S/C17H24N2O6S/c1-12-5-7-13(8-6-12)26(23,24)19-10-9-18(11-14(19)15(20)21)16(22)25-17(2,3)4/h5-8,14H,9-11H2,1-4H3,(H,20,21). The normalized spacial score (nSPS) is 19.2.